The monoisotopic (exact) mass is 184 g/mol. The van der Waals surface area contributed by atoms with E-state index in [4.69, 9.17) is 5.73 Å². The Balaban J connectivity index is 2.03. The van der Waals surface area contributed by atoms with E-state index in [9.17, 15) is 0 Å². The van der Waals surface area contributed by atoms with Gasteiger partial charge in [0, 0.05) is 13.1 Å². The van der Waals surface area contributed by atoms with Crippen LogP contribution in [0.2, 0.25) is 0 Å². The summed E-state index contributed by atoms with van der Waals surface area (Å²) < 4.78 is 0. The molecule has 0 aliphatic heterocycles. The van der Waals surface area contributed by atoms with Crippen molar-refractivity contribution in [1.29, 1.82) is 0 Å². The molecule has 0 bridgehead atoms. The molecule has 78 valence electrons. The van der Waals surface area contributed by atoms with Gasteiger partial charge in [0.2, 0.25) is 0 Å². The molecule has 13 heavy (non-hydrogen) atoms. The first kappa shape index (κ1) is 11.0. The van der Waals surface area contributed by atoms with E-state index in [2.05, 4.69) is 12.2 Å². The van der Waals surface area contributed by atoms with Crippen LogP contribution in [0.1, 0.15) is 39.0 Å². The highest BCUT2D eigenvalue weighted by molar-refractivity contribution is 4.73. The molecular weight excluding hydrogens is 160 g/mol. The Bertz CT molecular complexity index is 115. The van der Waals surface area contributed by atoms with Gasteiger partial charge in [0.05, 0.1) is 0 Å². The second-order valence-electron chi connectivity index (χ2n) is 4.29. The Kier molecular flexibility index (Phi) is 5.40. The number of rotatable bonds is 5. The van der Waals surface area contributed by atoms with Crippen molar-refractivity contribution in [2.75, 3.05) is 19.6 Å². The van der Waals surface area contributed by atoms with E-state index in [0.29, 0.717) is 0 Å². The standard InChI is InChI=1S/C11H24N2/c1-2-10-3-5-11(6-4-10)9-13-8-7-12/h10-11,13H,2-9,12H2,1H3. The lowest BCUT2D eigenvalue weighted by atomic mass is 9.81. The van der Waals surface area contributed by atoms with E-state index in [-0.39, 0.29) is 0 Å². The molecule has 1 aliphatic rings. The van der Waals surface area contributed by atoms with Crippen LogP contribution in [0, 0.1) is 11.8 Å². The highest BCUT2D eigenvalue weighted by Crippen LogP contribution is 2.29. The van der Waals surface area contributed by atoms with Gasteiger partial charge in [0.25, 0.3) is 0 Å². The van der Waals surface area contributed by atoms with Gasteiger partial charge >= 0.3 is 0 Å². The van der Waals surface area contributed by atoms with Crippen LogP contribution in [0.4, 0.5) is 0 Å². The highest BCUT2D eigenvalue weighted by Gasteiger charge is 2.18. The third-order valence-electron chi connectivity index (χ3n) is 3.30. The van der Waals surface area contributed by atoms with E-state index >= 15 is 0 Å². The number of hydrogen-bond donors (Lipinski definition) is 2. The molecule has 0 saturated heterocycles. The summed E-state index contributed by atoms with van der Waals surface area (Å²) in [6.07, 6.45) is 7.13. The molecule has 0 atom stereocenters. The molecule has 0 heterocycles. The zero-order valence-corrected chi connectivity index (χ0v) is 8.89. The van der Waals surface area contributed by atoms with Crippen molar-refractivity contribution in [2.24, 2.45) is 17.6 Å². The molecule has 0 unspecified atom stereocenters. The Hall–Kier alpha value is -0.0800. The van der Waals surface area contributed by atoms with E-state index < -0.39 is 0 Å². The maximum absolute atomic E-state index is 5.43. The molecule has 3 N–H and O–H groups in total. The normalized spacial score (nSPS) is 29.1. The summed E-state index contributed by atoms with van der Waals surface area (Å²) in [5, 5.41) is 3.41. The van der Waals surface area contributed by atoms with Gasteiger partial charge < -0.3 is 11.1 Å². The van der Waals surface area contributed by atoms with Crippen molar-refractivity contribution in [3.63, 3.8) is 0 Å². The van der Waals surface area contributed by atoms with Gasteiger partial charge in [-0.25, -0.2) is 0 Å². The Morgan fingerprint density at radius 1 is 1.15 bits per heavy atom. The first-order valence-electron chi connectivity index (χ1n) is 5.77. The van der Waals surface area contributed by atoms with Gasteiger partial charge in [-0.3, -0.25) is 0 Å². The predicted molar refractivity (Wildman–Crippen MR) is 57.7 cm³/mol. The van der Waals surface area contributed by atoms with Crippen molar-refractivity contribution in [3.8, 4) is 0 Å². The highest BCUT2D eigenvalue weighted by atomic mass is 14.9. The zero-order valence-electron chi connectivity index (χ0n) is 8.89. The summed E-state index contributed by atoms with van der Waals surface area (Å²) in [6.45, 7) is 5.25. The molecule has 0 aromatic rings. The van der Waals surface area contributed by atoms with Gasteiger partial charge in [-0.2, -0.15) is 0 Å². The van der Waals surface area contributed by atoms with Crippen LogP contribution in [-0.2, 0) is 0 Å². The van der Waals surface area contributed by atoms with Gasteiger partial charge in [-0.15, -0.1) is 0 Å². The van der Waals surface area contributed by atoms with Crippen molar-refractivity contribution in [3.05, 3.63) is 0 Å². The third-order valence-corrected chi connectivity index (χ3v) is 3.30. The van der Waals surface area contributed by atoms with Gasteiger partial charge in [-0.05, 0) is 31.2 Å². The van der Waals surface area contributed by atoms with Crippen molar-refractivity contribution in [2.45, 2.75) is 39.0 Å². The predicted octanol–water partition coefficient (Wildman–Crippen LogP) is 1.75. The molecular formula is C11H24N2. The molecule has 0 amide bonds. The lowest BCUT2D eigenvalue weighted by Crippen LogP contribution is -2.30. The summed E-state index contributed by atoms with van der Waals surface area (Å²) in [7, 11) is 0. The summed E-state index contributed by atoms with van der Waals surface area (Å²) in [5.41, 5.74) is 5.43. The minimum atomic E-state index is 0.768. The van der Waals surface area contributed by atoms with Crippen molar-refractivity contribution in [1.82, 2.24) is 5.32 Å². The summed E-state index contributed by atoms with van der Waals surface area (Å²) in [4.78, 5) is 0. The van der Waals surface area contributed by atoms with E-state index in [1.807, 2.05) is 0 Å². The number of nitrogens with two attached hydrogens (primary N) is 1. The lowest BCUT2D eigenvalue weighted by Gasteiger charge is -2.27. The van der Waals surface area contributed by atoms with Gasteiger partial charge in [0.1, 0.15) is 0 Å². The minimum absolute atomic E-state index is 0.768. The molecule has 1 saturated carbocycles. The Morgan fingerprint density at radius 3 is 2.31 bits per heavy atom. The summed E-state index contributed by atoms with van der Waals surface area (Å²) >= 11 is 0. The average Bonchev–Trinajstić information content (AvgIpc) is 2.19. The average molecular weight is 184 g/mol. The topological polar surface area (TPSA) is 38.0 Å². The Labute approximate surface area is 82.3 Å². The summed E-state index contributed by atoms with van der Waals surface area (Å²) in [6, 6.07) is 0. The molecule has 0 radical (unpaired) electrons. The van der Waals surface area contributed by atoms with Crippen LogP contribution in [0.5, 0.6) is 0 Å². The number of nitrogens with one attached hydrogen (secondary N) is 1. The first-order valence-corrected chi connectivity index (χ1v) is 5.77. The van der Waals surface area contributed by atoms with Crippen LogP contribution in [0.25, 0.3) is 0 Å². The molecule has 0 aromatic heterocycles. The summed E-state index contributed by atoms with van der Waals surface area (Å²) in [5.74, 6) is 1.94. The lowest BCUT2D eigenvalue weighted by molar-refractivity contribution is 0.263. The molecule has 1 aliphatic carbocycles. The largest absolute Gasteiger partial charge is 0.329 e. The van der Waals surface area contributed by atoms with Crippen molar-refractivity contribution >= 4 is 0 Å². The zero-order chi connectivity index (χ0) is 9.52. The van der Waals surface area contributed by atoms with Crippen LogP contribution in [0.15, 0.2) is 0 Å². The fourth-order valence-corrected chi connectivity index (χ4v) is 2.25. The quantitative estimate of drug-likeness (QED) is 0.639. The molecule has 2 heteroatoms. The van der Waals surface area contributed by atoms with E-state index in [1.165, 1.54) is 38.6 Å². The van der Waals surface area contributed by atoms with Gasteiger partial charge in [0.15, 0.2) is 0 Å². The first-order chi connectivity index (χ1) is 6.36. The molecule has 1 fully saturated rings. The minimum Gasteiger partial charge on any atom is -0.329 e. The second kappa shape index (κ2) is 6.39. The second-order valence-corrected chi connectivity index (χ2v) is 4.29. The molecule has 0 spiro atoms. The molecule has 2 nitrogen and oxygen atoms in total. The fraction of sp³-hybridized carbons (Fsp3) is 1.00. The van der Waals surface area contributed by atoms with E-state index in [0.717, 1.165) is 24.9 Å². The maximum Gasteiger partial charge on any atom is 0.00746 e. The van der Waals surface area contributed by atoms with Crippen molar-refractivity contribution < 1.29 is 0 Å². The van der Waals surface area contributed by atoms with Crippen LogP contribution in [-0.4, -0.2) is 19.6 Å². The van der Waals surface area contributed by atoms with Crippen LogP contribution >= 0.6 is 0 Å². The molecule has 1 rings (SSSR count). The smallest absolute Gasteiger partial charge is 0.00746 e. The Morgan fingerprint density at radius 2 is 1.77 bits per heavy atom. The van der Waals surface area contributed by atoms with E-state index in [1.54, 1.807) is 0 Å². The SMILES string of the molecule is CCC1CCC(CNCCN)CC1. The number of hydrogen-bond acceptors (Lipinski definition) is 2. The molecule has 0 aromatic carbocycles. The van der Waals surface area contributed by atoms with Gasteiger partial charge in [-0.1, -0.05) is 26.2 Å². The van der Waals surface area contributed by atoms with Crippen LogP contribution in [0.3, 0.4) is 0 Å². The third kappa shape index (κ3) is 4.10. The fourth-order valence-electron chi connectivity index (χ4n) is 2.25. The maximum atomic E-state index is 5.43. The van der Waals surface area contributed by atoms with Crippen LogP contribution < -0.4 is 11.1 Å².